The Morgan fingerprint density at radius 2 is 1.90 bits per heavy atom. The van der Waals surface area contributed by atoms with Crippen molar-refractivity contribution in [1.29, 1.82) is 0 Å². The van der Waals surface area contributed by atoms with E-state index in [1.54, 1.807) is 23.0 Å². The summed E-state index contributed by atoms with van der Waals surface area (Å²) in [6, 6.07) is 7.90. The second-order valence-corrected chi connectivity index (χ2v) is 9.22. The summed E-state index contributed by atoms with van der Waals surface area (Å²) in [5, 5.41) is 9.00. The first-order valence-corrected chi connectivity index (χ1v) is 10.9. The van der Waals surface area contributed by atoms with Crippen LogP contribution in [0.4, 0.5) is 0 Å². The minimum absolute atomic E-state index is 0.0192. The van der Waals surface area contributed by atoms with Gasteiger partial charge in [0.05, 0.1) is 35.3 Å². The van der Waals surface area contributed by atoms with Gasteiger partial charge in [0.1, 0.15) is 4.90 Å². The summed E-state index contributed by atoms with van der Waals surface area (Å²) in [6.07, 6.45) is 7.85. The lowest BCUT2D eigenvalue weighted by Crippen LogP contribution is -2.26. The molecule has 9 nitrogen and oxygen atoms in total. The molecule has 4 aromatic rings. The van der Waals surface area contributed by atoms with Crippen molar-refractivity contribution in [2.45, 2.75) is 35.2 Å². The number of hydrogen-bond donors (Lipinski definition) is 1. The number of nitrogens with zero attached hydrogens (tertiary/aromatic N) is 4. The van der Waals surface area contributed by atoms with Crippen LogP contribution < -0.4 is 11.1 Å². The number of H-pyrrole nitrogens is 1. The minimum atomic E-state index is -3.76. The average Bonchev–Trinajstić information content (AvgIpc) is 3.47. The molecule has 0 atom stereocenters. The average molecular weight is 423 g/mol. The normalized spacial score (nSPS) is 14.3. The van der Waals surface area contributed by atoms with Crippen LogP contribution >= 0.6 is 0 Å². The molecule has 1 aliphatic carbocycles. The highest BCUT2D eigenvalue weighted by Crippen LogP contribution is 2.35. The fraction of sp³-hybridized carbons (Fsp3) is 0.200. The molecule has 0 unspecified atom stereocenters. The zero-order valence-electron chi connectivity index (χ0n) is 15.7. The van der Waals surface area contributed by atoms with Gasteiger partial charge in [0.15, 0.2) is 0 Å². The predicted octanol–water partition coefficient (Wildman–Crippen LogP) is 1.50. The van der Waals surface area contributed by atoms with Crippen molar-refractivity contribution >= 4 is 20.6 Å². The molecule has 0 bridgehead atoms. The van der Waals surface area contributed by atoms with Crippen LogP contribution in [0.15, 0.2) is 74.5 Å². The molecule has 0 aliphatic heterocycles. The van der Waals surface area contributed by atoms with E-state index < -0.39 is 15.4 Å². The number of rotatable bonds is 5. The van der Waals surface area contributed by atoms with Crippen molar-refractivity contribution in [3.8, 4) is 0 Å². The molecule has 0 amide bonds. The summed E-state index contributed by atoms with van der Waals surface area (Å²) in [7, 11) is -3.76. The highest BCUT2D eigenvalue weighted by Gasteiger charge is 2.27. The summed E-state index contributed by atoms with van der Waals surface area (Å²) in [5.41, 5.74) is -0.293. The zero-order chi connectivity index (χ0) is 20.9. The second-order valence-electron chi connectivity index (χ2n) is 7.27. The summed E-state index contributed by atoms with van der Waals surface area (Å²) in [4.78, 5) is 27.4. The van der Waals surface area contributed by atoms with Gasteiger partial charge in [0.2, 0.25) is 9.84 Å². The minimum Gasteiger partial charge on any atom is -0.329 e. The maximum absolute atomic E-state index is 13.0. The zero-order valence-corrected chi connectivity index (χ0v) is 16.5. The third kappa shape index (κ3) is 3.14. The first kappa shape index (κ1) is 18.5. The van der Waals surface area contributed by atoms with Gasteiger partial charge in [-0.3, -0.25) is 14.3 Å². The number of nitrogens with one attached hydrogen (secondary N) is 1. The molecule has 1 N–H and O–H groups in total. The van der Waals surface area contributed by atoms with E-state index in [1.807, 2.05) is 0 Å². The summed E-state index contributed by atoms with van der Waals surface area (Å²) >= 11 is 0. The first-order chi connectivity index (χ1) is 14.4. The molecule has 3 aromatic heterocycles. The third-order valence-electron chi connectivity index (χ3n) is 5.16. The molecular formula is C20H17N5O4S. The smallest absolute Gasteiger partial charge is 0.274 e. The Hall–Kier alpha value is -3.53. The number of sulfone groups is 1. The Kier molecular flexibility index (Phi) is 4.17. The number of aromatic nitrogens is 5. The van der Waals surface area contributed by atoms with Gasteiger partial charge in [-0.2, -0.15) is 10.2 Å². The molecule has 1 aromatic carbocycles. The Balaban J connectivity index is 1.52. The number of benzene rings is 1. The molecule has 10 heteroatoms. The highest BCUT2D eigenvalue weighted by molar-refractivity contribution is 7.91. The lowest BCUT2D eigenvalue weighted by Gasteiger charge is -2.07. The van der Waals surface area contributed by atoms with Crippen LogP contribution in [0, 0.1) is 0 Å². The van der Waals surface area contributed by atoms with Gasteiger partial charge in [-0.1, -0.05) is 6.07 Å². The van der Waals surface area contributed by atoms with Gasteiger partial charge < -0.3 is 4.98 Å². The molecule has 152 valence electrons. The standard InChI is InChI=1S/C20H17N5O4S/c26-19-13(2-1-7-21-19)11-25-20(27)18-6-5-16(8-14(18)9-22-25)30(28,29)17-10-23-24(12-17)15-3-4-15/h1-2,5-10,12,15H,3-4,11H2,(H,21,26). The monoisotopic (exact) mass is 423 g/mol. The number of fused-ring (bicyclic) bond motifs is 1. The van der Waals surface area contributed by atoms with E-state index in [1.165, 1.54) is 41.5 Å². The Morgan fingerprint density at radius 3 is 2.67 bits per heavy atom. The van der Waals surface area contributed by atoms with Gasteiger partial charge in [-0.15, -0.1) is 0 Å². The lowest BCUT2D eigenvalue weighted by molar-refractivity contribution is 0.595. The van der Waals surface area contributed by atoms with Crippen molar-refractivity contribution < 1.29 is 8.42 Å². The van der Waals surface area contributed by atoms with Crippen LogP contribution in [0.25, 0.3) is 10.8 Å². The molecule has 0 spiro atoms. The van der Waals surface area contributed by atoms with Crippen LogP contribution in [0.1, 0.15) is 24.4 Å². The van der Waals surface area contributed by atoms with Crippen molar-refractivity contribution in [1.82, 2.24) is 24.5 Å². The van der Waals surface area contributed by atoms with Crippen LogP contribution in [0.2, 0.25) is 0 Å². The maximum Gasteiger partial charge on any atom is 0.274 e. The van der Waals surface area contributed by atoms with E-state index in [4.69, 9.17) is 0 Å². The fourth-order valence-electron chi connectivity index (χ4n) is 3.32. The summed E-state index contributed by atoms with van der Waals surface area (Å²) in [6.45, 7) is 0.0192. The van der Waals surface area contributed by atoms with E-state index >= 15 is 0 Å². The predicted molar refractivity (Wildman–Crippen MR) is 108 cm³/mol. The molecule has 0 radical (unpaired) electrons. The van der Waals surface area contributed by atoms with E-state index in [2.05, 4.69) is 15.2 Å². The molecule has 1 saturated carbocycles. The molecule has 3 heterocycles. The summed E-state index contributed by atoms with van der Waals surface area (Å²) < 4.78 is 28.8. The molecule has 0 saturated heterocycles. The van der Waals surface area contributed by atoms with Gasteiger partial charge >= 0.3 is 0 Å². The number of hydrogen-bond acceptors (Lipinski definition) is 6. The van der Waals surface area contributed by atoms with Crippen molar-refractivity contribution in [2.24, 2.45) is 0 Å². The van der Waals surface area contributed by atoms with Gasteiger partial charge in [-0.05, 0) is 37.1 Å². The third-order valence-corrected chi connectivity index (χ3v) is 6.87. The van der Waals surface area contributed by atoms with Gasteiger partial charge in [0.25, 0.3) is 11.1 Å². The van der Waals surface area contributed by atoms with E-state index in [0.29, 0.717) is 16.3 Å². The largest absolute Gasteiger partial charge is 0.329 e. The van der Waals surface area contributed by atoms with Crippen molar-refractivity contribution in [3.05, 3.63) is 81.4 Å². The van der Waals surface area contributed by atoms with Crippen molar-refractivity contribution in [2.75, 3.05) is 0 Å². The molecular weight excluding hydrogens is 406 g/mol. The van der Waals surface area contributed by atoms with Crippen LogP contribution in [0.3, 0.4) is 0 Å². The van der Waals surface area contributed by atoms with Gasteiger partial charge in [-0.25, -0.2) is 13.1 Å². The van der Waals surface area contributed by atoms with Crippen LogP contribution in [-0.2, 0) is 16.4 Å². The summed E-state index contributed by atoms with van der Waals surface area (Å²) in [5.74, 6) is 0. The van der Waals surface area contributed by atoms with Crippen molar-refractivity contribution in [3.63, 3.8) is 0 Å². The number of pyridine rings is 1. The topological polar surface area (TPSA) is 120 Å². The SMILES string of the molecule is O=c1[nH]cccc1Cn1ncc2cc(S(=O)(=O)c3cnn(C4CC4)c3)ccc2c1=O. The highest BCUT2D eigenvalue weighted by atomic mass is 32.2. The number of aromatic amines is 1. The quantitative estimate of drug-likeness (QED) is 0.519. The molecule has 30 heavy (non-hydrogen) atoms. The van der Waals surface area contributed by atoms with E-state index in [0.717, 1.165) is 12.8 Å². The van der Waals surface area contributed by atoms with E-state index in [-0.39, 0.29) is 27.9 Å². The maximum atomic E-state index is 13.0. The Labute approximate surface area is 170 Å². The Morgan fingerprint density at radius 1 is 1.07 bits per heavy atom. The fourth-order valence-corrected chi connectivity index (χ4v) is 4.56. The van der Waals surface area contributed by atoms with Crippen LogP contribution in [-0.4, -0.2) is 33.0 Å². The lowest BCUT2D eigenvalue weighted by atomic mass is 10.2. The Bertz CT molecular complexity index is 1500. The second kappa shape index (κ2) is 6.77. The molecule has 5 rings (SSSR count). The molecule has 1 aliphatic rings. The van der Waals surface area contributed by atoms with E-state index in [9.17, 15) is 18.0 Å². The molecule has 1 fully saturated rings. The van der Waals surface area contributed by atoms with Crippen LogP contribution in [0.5, 0.6) is 0 Å². The first-order valence-electron chi connectivity index (χ1n) is 9.39. The van der Waals surface area contributed by atoms with Gasteiger partial charge in [0, 0.05) is 23.3 Å².